The number of hydrogen-bond acceptors (Lipinski definition) is 2. The van der Waals surface area contributed by atoms with E-state index in [9.17, 15) is 8.78 Å². The number of benzene rings is 1. The SMILES string of the molecule is COCC=CC1CCC(CCc2ccc(OC(F)F)cc2)CC1. The minimum Gasteiger partial charge on any atom is -0.435 e. The van der Waals surface area contributed by atoms with Gasteiger partial charge in [-0.1, -0.05) is 24.3 Å². The van der Waals surface area contributed by atoms with E-state index < -0.39 is 6.61 Å². The number of allylic oxidation sites excluding steroid dienone is 1. The summed E-state index contributed by atoms with van der Waals surface area (Å²) < 4.78 is 33.6. The van der Waals surface area contributed by atoms with Crippen molar-refractivity contribution in [1.29, 1.82) is 0 Å². The summed E-state index contributed by atoms with van der Waals surface area (Å²) in [4.78, 5) is 0. The maximum Gasteiger partial charge on any atom is 0.387 e. The normalized spacial score (nSPS) is 21.9. The molecule has 0 saturated heterocycles. The fraction of sp³-hybridized carbons (Fsp3) is 0.579. The number of hydrogen-bond donors (Lipinski definition) is 0. The zero-order chi connectivity index (χ0) is 16.5. The molecule has 23 heavy (non-hydrogen) atoms. The van der Waals surface area contributed by atoms with Crippen LogP contribution in [0.5, 0.6) is 5.75 Å². The third-order valence-corrected chi connectivity index (χ3v) is 4.55. The van der Waals surface area contributed by atoms with Gasteiger partial charge in [0.25, 0.3) is 0 Å². The van der Waals surface area contributed by atoms with Crippen LogP contribution in [0.25, 0.3) is 0 Å². The summed E-state index contributed by atoms with van der Waals surface area (Å²) >= 11 is 0. The van der Waals surface area contributed by atoms with Crippen LogP contribution < -0.4 is 4.74 Å². The Balaban J connectivity index is 1.69. The molecule has 1 aromatic rings. The number of ether oxygens (including phenoxy) is 2. The first-order valence-electron chi connectivity index (χ1n) is 8.36. The molecule has 0 spiro atoms. The van der Waals surface area contributed by atoms with Gasteiger partial charge in [0, 0.05) is 7.11 Å². The van der Waals surface area contributed by atoms with Crippen molar-refractivity contribution in [1.82, 2.24) is 0 Å². The Morgan fingerprint density at radius 2 is 1.83 bits per heavy atom. The third-order valence-electron chi connectivity index (χ3n) is 4.55. The molecule has 0 heterocycles. The zero-order valence-electron chi connectivity index (χ0n) is 13.7. The Bertz CT molecular complexity index is 463. The molecule has 1 saturated carbocycles. The second-order valence-electron chi connectivity index (χ2n) is 6.23. The molecule has 1 fully saturated rings. The van der Waals surface area contributed by atoms with E-state index in [2.05, 4.69) is 16.9 Å². The van der Waals surface area contributed by atoms with E-state index in [0.717, 1.165) is 12.3 Å². The van der Waals surface area contributed by atoms with Crippen molar-refractivity contribution in [2.45, 2.75) is 45.1 Å². The van der Waals surface area contributed by atoms with Crippen LogP contribution >= 0.6 is 0 Å². The topological polar surface area (TPSA) is 18.5 Å². The Hall–Kier alpha value is -1.42. The highest BCUT2D eigenvalue weighted by Crippen LogP contribution is 2.32. The lowest BCUT2D eigenvalue weighted by Gasteiger charge is -2.26. The first kappa shape index (κ1) is 17.9. The maximum atomic E-state index is 12.1. The van der Waals surface area contributed by atoms with Crippen LogP contribution in [0, 0.1) is 11.8 Å². The van der Waals surface area contributed by atoms with Crippen LogP contribution in [-0.4, -0.2) is 20.3 Å². The van der Waals surface area contributed by atoms with Gasteiger partial charge in [-0.15, -0.1) is 0 Å². The molecule has 0 amide bonds. The monoisotopic (exact) mass is 324 g/mol. The van der Waals surface area contributed by atoms with Gasteiger partial charge in [0.05, 0.1) is 6.61 Å². The van der Waals surface area contributed by atoms with Crippen LogP contribution in [0.4, 0.5) is 8.78 Å². The van der Waals surface area contributed by atoms with Crippen molar-refractivity contribution in [3.8, 4) is 5.75 Å². The van der Waals surface area contributed by atoms with Crippen molar-refractivity contribution in [3.63, 3.8) is 0 Å². The van der Waals surface area contributed by atoms with Gasteiger partial charge in [0.2, 0.25) is 0 Å². The third kappa shape index (κ3) is 6.69. The number of aryl methyl sites for hydroxylation is 1. The van der Waals surface area contributed by atoms with E-state index >= 15 is 0 Å². The molecule has 0 unspecified atom stereocenters. The largest absolute Gasteiger partial charge is 0.435 e. The van der Waals surface area contributed by atoms with Gasteiger partial charge >= 0.3 is 6.61 Å². The molecule has 2 nitrogen and oxygen atoms in total. The van der Waals surface area contributed by atoms with Gasteiger partial charge in [-0.05, 0) is 68.1 Å². The Morgan fingerprint density at radius 1 is 1.13 bits per heavy atom. The van der Waals surface area contributed by atoms with E-state index in [0.29, 0.717) is 12.5 Å². The fourth-order valence-electron chi connectivity index (χ4n) is 3.22. The standard InChI is InChI=1S/C19H26F2O2/c1-22-14-2-3-15-4-6-16(7-5-15)8-9-17-10-12-18(13-11-17)23-19(20)21/h2-3,10-13,15-16,19H,4-9,14H2,1H3. The number of rotatable bonds is 8. The summed E-state index contributed by atoms with van der Waals surface area (Å²) in [6.45, 7) is -2.06. The smallest absolute Gasteiger partial charge is 0.387 e. The maximum absolute atomic E-state index is 12.1. The Kier molecular flexibility index (Phi) is 7.53. The van der Waals surface area contributed by atoms with Crippen LogP contribution in [0.2, 0.25) is 0 Å². The predicted octanol–water partition coefficient (Wildman–Crippen LogP) is 5.23. The Morgan fingerprint density at radius 3 is 2.43 bits per heavy atom. The molecule has 0 aromatic heterocycles. The number of halogens is 2. The molecule has 128 valence electrons. The van der Waals surface area contributed by atoms with Gasteiger partial charge < -0.3 is 9.47 Å². The summed E-state index contributed by atoms with van der Waals surface area (Å²) in [6.07, 6.45) is 11.6. The summed E-state index contributed by atoms with van der Waals surface area (Å²) in [5.41, 5.74) is 1.19. The second kappa shape index (κ2) is 9.66. The van der Waals surface area contributed by atoms with Gasteiger partial charge in [-0.25, -0.2) is 0 Å². The zero-order valence-corrected chi connectivity index (χ0v) is 13.7. The van der Waals surface area contributed by atoms with Crippen LogP contribution in [0.3, 0.4) is 0 Å². The molecule has 0 radical (unpaired) electrons. The van der Waals surface area contributed by atoms with E-state index in [1.165, 1.54) is 37.7 Å². The molecule has 0 atom stereocenters. The molecule has 1 aliphatic rings. The van der Waals surface area contributed by atoms with Crippen molar-refractivity contribution in [2.75, 3.05) is 13.7 Å². The molecule has 0 N–H and O–H groups in total. The van der Waals surface area contributed by atoms with Crippen molar-refractivity contribution < 1.29 is 18.3 Å². The second-order valence-corrected chi connectivity index (χ2v) is 6.23. The summed E-state index contributed by atoms with van der Waals surface area (Å²) in [5.74, 6) is 1.71. The average Bonchev–Trinajstić information content (AvgIpc) is 2.55. The molecular formula is C19H26F2O2. The van der Waals surface area contributed by atoms with E-state index in [-0.39, 0.29) is 5.75 Å². The molecule has 2 rings (SSSR count). The predicted molar refractivity (Wildman–Crippen MR) is 87.9 cm³/mol. The van der Waals surface area contributed by atoms with E-state index in [4.69, 9.17) is 4.74 Å². The van der Waals surface area contributed by atoms with Crippen molar-refractivity contribution >= 4 is 0 Å². The molecule has 4 heteroatoms. The molecule has 1 aromatic carbocycles. The van der Waals surface area contributed by atoms with Crippen molar-refractivity contribution in [2.24, 2.45) is 11.8 Å². The van der Waals surface area contributed by atoms with E-state index in [1.54, 1.807) is 19.2 Å². The lowest BCUT2D eigenvalue weighted by Crippen LogP contribution is -2.14. The highest BCUT2D eigenvalue weighted by molar-refractivity contribution is 5.27. The number of alkyl halides is 2. The lowest BCUT2D eigenvalue weighted by molar-refractivity contribution is -0.0498. The van der Waals surface area contributed by atoms with Gasteiger partial charge in [-0.3, -0.25) is 0 Å². The molecule has 0 aliphatic heterocycles. The Labute approximate surface area is 137 Å². The fourth-order valence-corrected chi connectivity index (χ4v) is 3.22. The van der Waals surface area contributed by atoms with Crippen LogP contribution in [0.1, 0.15) is 37.7 Å². The van der Waals surface area contributed by atoms with Gasteiger partial charge in [-0.2, -0.15) is 8.78 Å². The van der Waals surface area contributed by atoms with Crippen LogP contribution in [-0.2, 0) is 11.2 Å². The van der Waals surface area contributed by atoms with Crippen molar-refractivity contribution in [3.05, 3.63) is 42.0 Å². The highest BCUT2D eigenvalue weighted by Gasteiger charge is 2.19. The van der Waals surface area contributed by atoms with E-state index in [1.807, 2.05) is 12.1 Å². The first-order chi connectivity index (χ1) is 11.2. The lowest BCUT2D eigenvalue weighted by atomic mass is 9.79. The summed E-state index contributed by atoms with van der Waals surface area (Å²) in [7, 11) is 1.72. The minimum atomic E-state index is -2.76. The molecule has 1 aliphatic carbocycles. The quantitative estimate of drug-likeness (QED) is 0.610. The van der Waals surface area contributed by atoms with Crippen LogP contribution in [0.15, 0.2) is 36.4 Å². The molecular weight excluding hydrogens is 298 g/mol. The first-order valence-corrected chi connectivity index (χ1v) is 8.36. The minimum absolute atomic E-state index is 0.229. The molecule has 0 bridgehead atoms. The average molecular weight is 324 g/mol. The van der Waals surface area contributed by atoms with Gasteiger partial charge in [0.15, 0.2) is 0 Å². The summed E-state index contributed by atoms with van der Waals surface area (Å²) in [6, 6.07) is 7.02. The van der Waals surface area contributed by atoms with Gasteiger partial charge in [0.1, 0.15) is 5.75 Å². The number of methoxy groups -OCH3 is 1. The summed E-state index contributed by atoms with van der Waals surface area (Å²) in [5, 5.41) is 0. The highest BCUT2D eigenvalue weighted by atomic mass is 19.3.